The molecule has 0 unspecified atom stereocenters. The highest BCUT2D eigenvalue weighted by molar-refractivity contribution is 5.79. The molecule has 0 amide bonds. The van der Waals surface area contributed by atoms with Crippen molar-refractivity contribution >= 4 is 11.6 Å². The molecule has 134 valence electrons. The van der Waals surface area contributed by atoms with Crippen LogP contribution in [0.3, 0.4) is 0 Å². The molecule has 1 aromatic carbocycles. The minimum atomic E-state index is -0.373. The van der Waals surface area contributed by atoms with Crippen molar-refractivity contribution in [1.29, 1.82) is 0 Å². The molecule has 2 N–H and O–H groups in total. The summed E-state index contributed by atoms with van der Waals surface area (Å²) >= 11 is 0. The highest BCUT2D eigenvalue weighted by atomic mass is 16.6. The maximum absolute atomic E-state index is 11.0. The second-order valence-corrected chi connectivity index (χ2v) is 5.39. The molecular formula is C16H27N5O3. The highest BCUT2D eigenvalue weighted by Crippen LogP contribution is 2.16. The molecule has 0 aliphatic carbocycles. The molecule has 0 aliphatic heterocycles. The van der Waals surface area contributed by atoms with Gasteiger partial charge in [0.1, 0.15) is 0 Å². The van der Waals surface area contributed by atoms with E-state index in [1.54, 1.807) is 32.4 Å². The van der Waals surface area contributed by atoms with Gasteiger partial charge in [0, 0.05) is 58.6 Å². The molecule has 1 rings (SSSR count). The number of nitro benzene ring substituents is 1. The average molecular weight is 337 g/mol. The van der Waals surface area contributed by atoms with Gasteiger partial charge >= 0.3 is 0 Å². The van der Waals surface area contributed by atoms with Crippen LogP contribution in [0.15, 0.2) is 29.3 Å². The van der Waals surface area contributed by atoms with E-state index in [9.17, 15) is 10.1 Å². The standard InChI is InChI=1S/C16H27N5O3/c1-17-16(18-9-11-20(2)10-6-12-24-3)19-13-14-7-4-5-8-15(14)21(22)23/h4-5,7-8H,6,9-13H2,1-3H3,(H2,17,18,19). The van der Waals surface area contributed by atoms with E-state index in [4.69, 9.17) is 4.74 Å². The van der Waals surface area contributed by atoms with Gasteiger partial charge in [-0.25, -0.2) is 0 Å². The van der Waals surface area contributed by atoms with E-state index in [1.807, 2.05) is 0 Å². The van der Waals surface area contributed by atoms with Crippen molar-refractivity contribution in [3.8, 4) is 0 Å². The third-order valence-electron chi connectivity index (χ3n) is 3.53. The van der Waals surface area contributed by atoms with E-state index < -0.39 is 0 Å². The van der Waals surface area contributed by atoms with Crippen LogP contribution in [0.4, 0.5) is 5.69 Å². The maximum atomic E-state index is 11.0. The van der Waals surface area contributed by atoms with Gasteiger partial charge in [0.25, 0.3) is 5.69 Å². The monoisotopic (exact) mass is 337 g/mol. The summed E-state index contributed by atoms with van der Waals surface area (Å²) in [6.45, 7) is 3.69. The second-order valence-electron chi connectivity index (χ2n) is 5.39. The Hall–Kier alpha value is -2.19. The molecule has 0 aromatic heterocycles. The lowest BCUT2D eigenvalue weighted by Gasteiger charge is -2.18. The molecule has 0 aliphatic rings. The maximum Gasteiger partial charge on any atom is 0.274 e. The molecule has 8 nitrogen and oxygen atoms in total. The minimum absolute atomic E-state index is 0.110. The van der Waals surface area contributed by atoms with Gasteiger partial charge in [-0.2, -0.15) is 0 Å². The Morgan fingerprint density at radius 1 is 1.33 bits per heavy atom. The number of hydrogen-bond acceptors (Lipinski definition) is 5. The number of nitrogens with zero attached hydrogens (tertiary/aromatic N) is 3. The minimum Gasteiger partial charge on any atom is -0.385 e. The van der Waals surface area contributed by atoms with Crippen LogP contribution in [0.5, 0.6) is 0 Å². The number of nitro groups is 1. The molecule has 0 saturated carbocycles. The van der Waals surface area contributed by atoms with E-state index >= 15 is 0 Å². The van der Waals surface area contributed by atoms with Gasteiger partial charge < -0.3 is 20.3 Å². The Morgan fingerprint density at radius 3 is 2.75 bits per heavy atom. The summed E-state index contributed by atoms with van der Waals surface area (Å²) in [6.07, 6.45) is 0.998. The van der Waals surface area contributed by atoms with Crippen LogP contribution >= 0.6 is 0 Å². The van der Waals surface area contributed by atoms with Gasteiger partial charge in [0.2, 0.25) is 0 Å². The normalized spacial score (nSPS) is 11.6. The summed E-state index contributed by atoms with van der Waals surface area (Å²) in [6, 6.07) is 6.69. The van der Waals surface area contributed by atoms with Crippen LogP contribution in [0.1, 0.15) is 12.0 Å². The topological polar surface area (TPSA) is 92.0 Å². The Kier molecular flexibility index (Phi) is 9.40. The highest BCUT2D eigenvalue weighted by Gasteiger charge is 2.12. The van der Waals surface area contributed by atoms with Gasteiger partial charge in [0.15, 0.2) is 5.96 Å². The number of hydrogen-bond donors (Lipinski definition) is 2. The van der Waals surface area contributed by atoms with Gasteiger partial charge in [-0.05, 0) is 13.5 Å². The van der Waals surface area contributed by atoms with E-state index in [0.29, 0.717) is 18.1 Å². The quantitative estimate of drug-likeness (QED) is 0.219. The first-order chi connectivity index (χ1) is 11.6. The Labute approximate surface area is 143 Å². The molecule has 1 aromatic rings. The number of rotatable bonds is 10. The Balaban J connectivity index is 2.37. The molecule has 0 fully saturated rings. The zero-order valence-corrected chi connectivity index (χ0v) is 14.6. The van der Waals surface area contributed by atoms with Crippen LogP contribution in [-0.2, 0) is 11.3 Å². The third kappa shape index (κ3) is 7.38. The number of ether oxygens (including phenoxy) is 1. The van der Waals surface area contributed by atoms with E-state index in [0.717, 1.165) is 32.7 Å². The summed E-state index contributed by atoms with van der Waals surface area (Å²) in [4.78, 5) is 17.0. The number of aliphatic imine (C=N–C) groups is 1. The molecule has 0 spiro atoms. The van der Waals surface area contributed by atoms with Crippen molar-refractivity contribution in [1.82, 2.24) is 15.5 Å². The number of guanidine groups is 1. The van der Waals surface area contributed by atoms with E-state index in [1.165, 1.54) is 6.07 Å². The number of benzene rings is 1. The SMILES string of the molecule is CN=C(NCCN(C)CCCOC)NCc1ccccc1[N+](=O)[O-]. The van der Waals surface area contributed by atoms with Crippen molar-refractivity contribution < 1.29 is 9.66 Å². The van der Waals surface area contributed by atoms with Crippen LogP contribution < -0.4 is 10.6 Å². The van der Waals surface area contributed by atoms with E-state index in [2.05, 4.69) is 27.6 Å². The predicted octanol–water partition coefficient (Wildman–Crippen LogP) is 1.23. The van der Waals surface area contributed by atoms with Crippen LogP contribution in [0, 0.1) is 10.1 Å². The third-order valence-corrected chi connectivity index (χ3v) is 3.53. The number of likely N-dealkylation sites (N-methyl/N-ethyl adjacent to an activating group) is 1. The first kappa shape index (κ1) is 19.9. The molecule has 0 heterocycles. The first-order valence-corrected chi connectivity index (χ1v) is 7.92. The summed E-state index contributed by atoms with van der Waals surface area (Å²) in [5.41, 5.74) is 0.737. The lowest BCUT2D eigenvalue weighted by Crippen LogP contribution is -2.40. The van der Waals surface area contributed by atoms with Gasteiger partial charge in [-0.3, -0.25) is 15.1 Å². The number of nitrogens with one attached hydrogen (secondary N) is 2. The molecule has 0 saturated heterocycles. The molecule has 24 heavy (non-hydrogen) atoms. The lowest BCUT2D eigenvalue weighted by atomic mass is 10.2. The van der Waals surface area contributed by atoms with Gasteiger partial charge in [0.05, 0.1) is 4.92 Å². The van der Waals surface area contributed by atoms with E-state index in [-0.39, 0.29) is 10.6 Å². The zero-order valence-electron chi connectivity index (χ0n) is 14.6. The van der Waals surface area contributed by atoms with Gasteiger partial charge in [-0.1, -0.05) is 18.2 Å². The van der Waals surface area contributed by atoms with Gasteiger partial charge in [-0.15, -0.1) is 0 Å². The molecule has 0 atom stereocenters. The Bertz CT molecular complexity index is 536. The van der Waals surface area contributed by atoms with Crippen LogP contribution in [0.25, 0.3) is 0 Å². The summed E-state index contributed by atoms with van der Waals surface area (Å²) in [5, 5.41) is 17.3. The predicted molar refractivity (Wildman–Crippen MR) is 95.3 cm³/mol. The molecule has 8 heteroatoms. The van der Waals surface area contributed by atoms with Crippen molar-refractivity contribution in [3.63, 3.8) is 0 Å². The molecular weight excluding hydrogens is 310 g/mol. The fourth-order valence-electron chi connectivity index (χ4n) is 2.19. The number of methoxy groups -OCH3 is 1. The zero-order chi connectivity index (χ0) is 17.8. The molecule has 0 bridgehead atoms. The fourth-order valence-corrected chi connectivity index (χ4v) is 2.19. The number of para-hydroxylation sites is 1. The lowest BCUT2D eigenvalue weighted by molar-refractivity contribution is -0.385. The second kappa shape index (κ2) is 11.4. The largest absolute Gasteiger partial charge is 0.385 e. The Morgan fingerprint density at radius 2 is 2.08 bits per heavy atom. The van der Waals surface area contributed by atoms with Crippen molar-refractivity contribution in [2.45, 2.75) is 13.0 Å². The summed E-state index contributed by atoms with van der Waals surface area (Å²) in [5.74, 6) is 0.624. The van der Waals surface area contributed by atoms with Crippen molar-refractivity contribution in [2.24, 2.45) is 4.99 Å². The fraction of sp³-hybridized carbons (Fsp3) is 0.562. The molecule has 0 radical (unpaired) electrons. The van der Waals surface area contributed by atoms with Crippen molar-refractivity contribution in [2.75, 3.05) is 47.4 Å². The van der Waals surface area contributed by atoms with Crippen LogP contribution in [-0.4, -0.2) is 63.2 Å². The average Bonchev–Trinajstić information content (AvgIpc) is 2.58. The summed E-state index contributed by atoms with van der Waals surface area (Å²) < 4.78 is 5.03. The summed E-state index contributed by atoms with van der Waals surface area (Å²) in [7, 11) is 5.44. The smallest absolute Gasteiger partial charge is 0.274 e. The van der Waals surface area contributed by atoms with Crippen molar-refractivity contribution in [3.05, 3.63) is 39.9 Å². The van der Waals surface area contributed by atoms with Crippen LogP contribution in [0.2, 0.25) is 0 Å². The first-order valence-electron chi connectivity index (χ1n) is 7.92.